The van der Waals surface area contributed by atoms with Crippen LogP contribution in [0.1, 0.15) is 22.8 Å². The third-order valence-electron chi connectivity index (χ3n) is 2.57. The Morgan fingerprint density at radius 2 is 2.06 bits per heavy atom. The summed E-state index contributed by atoms with van der Waals surface area (Å²) in [7, 11) is 0. The van der Waals surface area contributed by atoms with E-state index in [1.165, 1.54) is 0 Å². The summed E-state index contributed by atoms with van der Waals surface area (Å²) in [5.74, 6) is -1.80. The Hall–Kier alpha value is -1.40. The average molecular weight is 316 g/mol. The topological polar surface area (TPSA) is 86.6 Å². The number of hydrogen-bond donors (Lipinski definition) is 3. The Kier molecular flexibility index (Phi) is 4.48. The summed E-state index contributed by atoms with van der Waals surface area (Å²) in [6.45, 7) is 2.55. The van der Waals surface area contributed by atoms with Gasteiger partial charge in [-0.2, -0.15) is 0 Å². The van der Waals surface area contributed by atoms with Crippen molar-refractivity contribution in [1.82, 2.24) is 5.32 Å². The smallest absolute Gasteiger partial charge is 0.337 e. The number of aliphatic hydroxyl groups is 1. The van der Waals surface area contributed by atoms with Crippen molar-refractivity contribution in [3.8, 4) is 0 Å². The van der Waals surface area contributed by atoms with Crippen LogP contribution in [0.2, 0.25) is 0 Å². The molecule has 0 saturated carbocycles. The van der Waals surface area contributed by atoms with Crippen LogP contribution >= 0.6 is 15.9 Å². The molecule has 1 aromatic rings. The first kappa shape index (κ1) is 14.7. The molecule has 0 aromatic heterocycles. The van der Waals surface area contributed by atoms with Crippen molar-refractivity contribution in [2.45, 2.75) is 19.4 Å². The molecular weight excluding hydrogens is 302 g/mol. The molecule has 18 heavy (non-hydrogen) atoms. The molecule has 0 spiro atoms. The normalized spacial score (nSPS) is 13.8. The molecule has 0 saturated heterocycles. The summed E-state index contributed by atoms with van der Waals surface area (Å²) in [5, 5.41) is 20.6. The van der Waals surface area contributed by atoms with Crippen molar-refractivity contribution in [3.63, 3.8) is 0 Å². The van der Waals surface area contributed by atoms with Crippen LogP contribution in [-0.4, -0.2) is 34.2 Å². The summed E-state index contributed by atoms with van der Waals surface area (Å²) < 4.78 is 0.792. The number of carboxylic acid groups (broad SMARTS) is 1. The van der Waals surface area contributed by atoms with E-state index in [1.54, 1.807) is 25.1 Å². The van der Waals surface area contributed by atoms with Gasteiger partial charge in [0.05, 0.1) is 6.54 Å². The third-order valence-corrected chi connectivity index (χ3v) is 3.43. The first-order valence-electron chi connectivity index (χ1n) is 5.25. The van der Waals surface area contributed by atoms with E-state index >= 15 is 0 Å². The molecule has 1 amide bonds. The Labute approximate surface area is 113 Å². The van der Waals surface area contributed by atoms with Crippen LogP contribution in [0.4, 0.5) is 0 Å². The SMILES string of the molecule is Cc1c(Br)cccc1C(=O)NCC(C)(O)C(=O)O. The highest BCUT2D eigenvalue weighted by Gasteiger charge is 2.30. The molecule has 1 rings (SSSR count). The van der Waals surface area contributed by atoms with Crippen LogP contribution in [-0.2, 0) is 4.79 Å². The molecule has 1 aromatic carbocycles. The number of rotatable bonds is 4. The molecule has 0 radical (unpaired) electrons. The average Bonchev–Trinajstić information content (AvgIpc) is 2.29. The number of nitrogens with one attached hydrogen (secondary N) is 1. The van der Waals surface area contributed by atoms with Crippen LogP contribution in [0.3, 0.4) is 0 Å². The number of aliphatic carboxylic acids is 1. The van der Waals surface area contributed by atoms with Gasteiger partial charge >= 0.3 is 5.97 Å². The zero-order valence-electron chi connectivity index (χ0n) is 10.0. The van der Waals surface area contributed by atoms with E-state index in [4.69, 9.17) is 5.11 Å². The summed E-state index contributed by atoms with van der Waals surface area (Å²) >= 11 is 3.30. The molecular formula is C12H14BrNO4. The monoisotopic (exact) mass is 315 g/mol. The van der Waals surface area contributed by atoms with E-state index in [0.717, 1.165) is 17.0 Å². The van der Waals surface area contributed by atoms with Crippen molar-refractivity contribution in [2.75, 3.05) is 6.54 Å². The highest BCUT2D eigenvalue weighted by atomic mass is 79.9. The molecule has 0 fully saturated rings. The maximum atomic E-state index is 11.9. The molecule has 0 aliphatic carbocycles. The number of hydrogen-bond acceptors (Lipinski definition) is 3. The summed E-state index contributed by atoms with van der Waals surface area (Å²) in [5.41, 5.74) is -0.786. The van der Waals surface area contributed by atoms with E-state index in [1.807, 2.05) is 0 Å². The maximum absolute atomic E-state index is 11.9. The fraction of sp³-hybridized carbons (Fsp3) is 0.333. The van der Waals surface area contributed by atoms with Gasteiger partial charge in [-0.3, -0.25) is 4.79 Å². The predicted octanol–water partition coefficient (Wildman–Crippen LogP) is 1.32. The molecule has 5 nitrogen and oxygen atoms in total. The predicted molar refractivity (Wildman–Crippen MR) is 69.5 cm³/mol. The van der Waals surface area contributed by atoms with E-state index in [0.29, 0.717) is 5.56 Å². The Bertz CT molecular complexity index is 485. The van der Waals surface area contributed by atoms with Crippen LogP contribution < -0.4 is 5.32 Å². The second-order valence-corrected chi connectivity index (χ2v) is 5.03. The first-order valence-corrected chi connectivity index (χ1v) is 6.04. The minimum absolute atomic E-state index is 0.354. The van der Waals surface area contributed by atoms with Crippen molar-refractivity contribution in [1.29, 1.82) is 0 Å². The van der Waals surface area contributed by atoms with E-state index < -0.39 is 17.5 Å². The number of halogens is 1. The Morgan fingerprint density at radius 1 is 1.44 bits per heavy atom. The minimum Gasteiger partial charge on any atom is -0.479 e. The van der Waals surface area contributed by atoms with Gasteiger partial charge in [0, 0.05) is 10.0 Å². The molecule has 0 bridgehead atoms. The number of carbonyl (C=O) groups excluding carboxylic acids is 1. The van der Waals surface area contributed by atoms with Gasteiger partial charge in [0.25, 0.3) is 5.91 Å². The van der Waals surface area contributed by atoms with E-state index in [9.17, 15) is 14.7 Å². The lowest BCUT2D eigenvalue weighted by Gasteiger charge is -2.18. The largest absolute Gasteiger partial charge is 0.479 e. The van der Waals surface area contributed by atoms with Gasteiger partial charge in [-0.05, 0) is 31.5 Å². The summed E-state index contributed by atoms with van der Waals surface area (Å²) in [6.07, 6.45) is 0. The van der Waals surface area contributed by atoms with Crippen LogP contribution in [0, 0.1) is 6.92 Å². The van der Waals surface area contributed by atoms with Gasteiger partial charge in [-0.1, -0.05) is 22.0 Å². The Morgan fingerprint density at radius 3 is 2.61 bits per heavy atom. The van der Waals surface area contributed by atoms with Crippen molar-refractivity contribution in [2.24, 2.45) is 0 Å². The maximum Gasteiger partial charge on any atom is 0.337 e. The van der Waals surface area contributed by atoms with Crippen molar-refractivity contribution >= 4 is 27.8 Å². The van der Waals surface area contributed by atoms with Gasteiger partial charge < -0.3 is 15.5 Å². The minimum atomic E-state index is -1.98. The molecule has 6 heteroatoms. The number of carbonyl (C=O) groups is 2. The van der Waals surface area contributed by atoms with Crippen molar-refractivity contribution in [3.05, 3.63) is 33.8 Å². The van der Waals surface area contributed by atoms with Gasteiger partial charge in [-0.25, -0.2) is 4.79 Å². The quantitative estimate of drug-likeness (QED) is 0.782. The second kappa shape index (κ2) is 5.49. The molecule has 0 aliphatic rings. The zero-order valence-corrected chi connectivity index (χ0v) is 11.6. The fourth-order valence-corrected chi connectivity index (χ4v) is 1.64. The van der Waals surface area contributed by atoms with Crippen LogP contribution in [0.15, 0.2) is 22.7 Å². The van der Waals surface area contributed by atoms with Crippen LogP contribution in [0.5, 0.6) is 0 Å². The lowest BCUT2D eigenvalue weighted by molar-refractivity contribution is -0.155. The number of amides is 1. The molecule has 1 atom stereocenters. The van der Waals surface area contributed by atoms with Crippen molar-refractivity contribution < 1.29 is 19.8 Å². The van der Waals surface area contributed by atoms with E-state index in [-0.39, 0.29) is 6.54 Å². The Balaban J connectivity index is 2.78. The first-order chi connectivity index (χ1) is 8.25. The molecule has 0 aliphatic heterocycles. The lowest BCUT2D eigenvalue weighted by Crippen LogP contribution is -2.46. The molecule has 3 N–H and O–H groups in total. The molecule has 1 unspecified atom stereocenters. The van der Waals surface area contributed by atoms with Crippen LogP contribution in [0.25, 0.3) is 0 Å². The second-order valence-electron chi connectivity index (χ2n) is 4.17. The number of benzene rings is 1. The number of carboxylic acids is 1. The lowest BCUT2D eigenvalue weighted by atomic mass is 10.1. The molecule has 98 valence electrons. The highest BCUT2D eigenvalue weighted by molar-refractivity contribution is 9.10. The summed E-state index contributed by atoms with van der Waals surface area (Å²) in [6, 6.07) is 5.14. The van der Waals surface area contributed by atoms with Gasteiger partial charge in [0.1, 0.15) is 0 Å². The fourth-order valence-electron chi connectivity index (χ4n) is 1.28. The van der Waals surface area contributed by atoms with Gasteiger partial charge in [-0.15, -0.1) is 0 Å². The highest BCUT2D eigenvalue weighted by Crippen LogP contribution is 2.19. The van der Waals surface area contributed by atoms with Gasteiger partial charge in [0.2, 0.25) is 0 Å². The van der Waals surface area contributed by atoms with Gasteiger partial charge in [0.15, 0.2) is 5.60 Å². The van der Waals surface area contributed by atoms with E-state index in [2.05, 4.69) is 21.2 Å². The summed E-state index contributed by atoms with van der Waals surface area (Å²) in [4.78, 5) is 22.5. The zero-order chi connectivity index (χ0) is 13.9. The molecule has 0 heterocycles. The standard InChI is InChI=1S/C12H14BrNO4/c1-7-8(4-3-5-9(7)13)10(15)14-6-12(2,18)11(16)17/h3-5,18H,6H2,1-2H3,(H,14,15)(H,16,17). The third kappa shape index (κ3) is 3.30.